The summed E-state index contributed by atoms with van der Waals surface area (Å²) in [5.74, 6) is -2.90. The fourth-order valence-electron chi connectivity index (χ4n) is 4.04. The van der Waals surface area contributed by atoms with Gasteiger partial charge >= 0.3 is 5.97 Å². The SMILES string of the molecule is CCc1cccc(CC)c1NC(=O)c1ccccc1N1C(=O)c2ccc(C(=O)O)cc2C1=O. The first kappa shape index (κ1) is 22.0. The minimum Gasteiger partial charge on any atom is -0.478 e. The molecule has 33 heavy (non-hydrogen) atoms. The number of rotatable bonds is 6. The lowest BCUT2D eigenvalue weighted by atomic mass is 10.0. The van der Waals surface area contributed by atoms with Gasteiger partial charge in [-0.2, -0.15) is 0 Å². The molecule has 0 aliphatic carbocycles. The number of carboxylic acid groups (broad SMARTS) is 1. The Morgan fingerprint density at radius 2 is 1.48 bits per heavy atom. The number of amides is 3. The molecule has 166 valence electrons. The molecule has 0 aromatic heterocycles. The van der Waals surface area contributed by atoms with Gasteiger partial charge in [0.2, 0.25) is 0 Å². The van der Waals surface area contributed by atoms with Gasteiger partial charge in [0, 0.05) is 5.69 Å². The van der Waals surface area contributed by atoms with E-state index >= 15 is 0 Å². The second-order valence-electron chi connectivity index (χ2n) is 7.64. The fraction of sp³-hybridized carbons (Fsp3) is 0.154. The summed E-state index contributed by atoms with van der Waals surface area (Å²) in [6, 6.07) is 16.0. The molecule has 0 unspecified atom stereocenters. The van der Waals surface area contributed by atoms with Crippen LogP contribution in [0.5, 0.6) is 0 Å². The Bertz CT molecular complexity index is 1290. The lowest BCUT2D eigenvalue weighted by molar-refractivity contribution is 0.0696. The lowest BCUT2D eigenvalue weighted by Crippen LogP contribution is -2.31. The highest BCUT2D eigenvalue weighted by molar-refractivity contribution is 6.35. The summed E-state index contributed by atoms with van der Waals surface area (Å²) < 4.78 is 0. The Morgan fingerprint density at radius 3 is 2.12 bits per heavy atom. The van der Waals surface area contributed by atoms with Crippen LogP contribution in [0, 0.1) is 0 Å². The van der Waals surface area contributed by atoms with E-state index in [2.05, 4.69) is 5.32 Å². The van der Waals surface area contributed by atoms with E-state index in [-0.39, 0.29) is 27.9 Å². The number of carbonyl (C=O) groups is 4. The van der Waals surface area contributed by atoms with Crippen LogP contribution in [0.15, 0.2) is 60.7 Å². The number of carbonyl (C=O) groups excluding carboxylic acids is 3. The van der Waals surface area contributed by atoms with Gasteiger partial charge in [0.25, 0.3) is 17.7 Å². The van der Waals surface area contributed by atoms with E-state index in [1.807, 2.05) is 32.0 Å². The van der Waals surface area contributed by atoms with Crippen LogP contribution in [-0.4, -0.2) is 28.8 Å². The molecule has 1 heterocycles. The zero-order valence-electron chi connectivity index (χ0n) is 18.2. The van der Waals surface area contributed by atoms with E-state index < -0.39 is 23.7 Å². The molecular weight excluding hydrogens is 420 g/mol. The minimum absolute atomic E-state index is 0.000269. The van der Waals surface area contributed by atoms with E-state index in [0.29, 0.717) is 0 Å². The Balaban J connectivity index is 1.73. The number of carboxylic acids is 1. The van der Waals surface area contributed by atoms with Crippen LogP contribution >= 0.6 is 0 Å². The molecule has 0 fully saturated rings. The number of anilines is 2. The quantitative estimate of drug-likeness (QED) is 0.545. The molecule has 0 spiro atoms. The van der Waals surface area contributed by atoms with Crippen molar-refractivity contribution in [2.45, 2.75) is 26.7 Å². The second-order valence-corrected chi connectivity index (χ2v) is 7.64. The standard InChI is InChI=1S/C26H22N2O5/c1-3-15-8-7-9-16(4-2)22(15)27-23(29)19-10-5-6-11-21(19)28-24(30)18-13-12-17(26(32)33)14-20(18)25(28)31/h5-14H,3-4H2,1-2H3,(H,27,29)(H,32,33). The van der Waals surface area contributed by atoms with E-state index in [1.54, 1.807) is 18.2 Å². The van der Waals surface area contributed by atoms with Crippen LogP contribution in [0.4, 0.5) is 11.4 Å². The predicted molar refractivity (Wildman–Crippen MR) is 124 cm³/mol. The van der Waals surface area contributed by atoms with Crippen molar-refractivity contribution < 1.29 is 24.3 Å². The van der Waals surface area contributed by atoms with Crippen molar-refractivity contribution in [3.05, 3.63) is 94.0 Å². The van der Waals surface area contributed by atoms with Crippen LogP contribution in [0.3, 0.4) is 0 Å². The summed E-state index contributed by atoms with van der Waals surface area (Å²) in [4.78, 5) is 51.7. The van der Waals surface area contributed by atoms with Crippen molar-refractivity contribution in [1.82, 2.24) is 0 Å². The normalized spacial score (nSPS) is 12.6. The van der Waals surface area contributed by atoms with Crippen LogP contribution in [0.25, 0.3) is 0 Å². The molecule has 4 rings (SSSR count). The molecule has 3 amide bonds. The number of para-hydroxylation sites is 2. The molecule has 0 radical (unpaired) electrons. The largest absolute Gasteiger partial charge is 0.478 e. The smallest absolute Gasteiger partial charge is 0.335 e. The zero-order valence-corrected chi connectivity index (χ0v) is 18.2. The fourth-order valence-corrected chi connectivity index (χ4v) is 4.04. The van der Waals surface area contributed by atoms with E-state index in [4.69, 9.17) is 0 Å². The molecule has 0 bridgehead atoms. The summed E-state index contributed by atoms with van der Waals surface area (Å²) in [5, 5.41) is 12.2. The summed E-state index contributed by atoms with van der Waals surface area (Å²) in [6.45, 7) is 4.01. The first-order chi connectivity index (χ1) is 15.9. The molecule has 1 aliphatic heterocycles. The molecule has 3 aromatic carbocycles. The number of aryl methyl sites for hydroxylation is 2. The van der Waals surface area contributed by atoms with Crippen molar-refractivity contribution in [1.29, 1.82) is 0 Å². The molecule has 7 heteroatoms. The predicted octanol–water partition coefficient (Wildman–Crippen LogP) is 4.56. The summed E-state index contributed by atoms with van der Waals surface area (Å²) in [5.41, 5.74) is 3.03. The molecule has 1 aliphatic rings. The third kappa shape index (κ3) is 3.78. The highest BCUT2D eigenvalue weighted by Crippen LogP contribution is 2.32. The number of fused-ring (bicyclic) bond motifs is 1. The van der Waals surface area contributed by atoms with Gasteiger partial charge < -0.3 is 10.4 Å². The Labute approximate surface area is 190 Å². The molecular formula is C26H22N2O5. The van der Waals surface area contributed by atoms with Gasteiger partial charge in [0.05, 0.1) is 27.9 Å². The molecule has 7 nitrogen and oxygen atoms in total. The van der Waals surface area contributed by atoms with Gasteiger partial charge in [-0.3, -0.25) is 14.4 Å². The number of benzene rings is 3. The molecule has 0 saturated carbocycles. The lowest BCUT2D eigenvalue weighted by Gasteiger charge is -2.19. The summed E-state index contributed by atoms with van der Waals surface area (Å²) >= 11 is 0. The van der Waals surface area contributed by atoms with Crippen molar-refractivity contribution in [3.8, 4) is 0 Å². The zero-order chi connectivity index (χ0) is 23.7. The molecule has 3 aromatic rings. The van der Waals surface area contributed by atoms with Crippen LogP contribution in [0.2, 0.25) is 0 Å². The third-order valence-corrected chi connectivity index (χ3v) is 5.76. The topological polar surface area (TPSA) is 104 Å². The number of nitrogens with zero attached hydrogens (tertiary/aromatic N) is 1. The number of nitrogens with one attached hydrogen (secondary N) is 1. The maximum absolute atomic E-state index is 13.3. The Kier molecular flexibility index (Phi) is 5.79. The van der Waals surface area contributed by atoms with Gasteiger partial charge in [0.15, 0.2) is 0 Å². The third-order valence-electron chi connectivity index (χ3n) is 5.76. The van der Waals surface area contributed by atoms with Crippen molar-refractivity contribution in [2.75, 3.05) is 10.2 Å². The Morgan fingerprint density at radius 1 is 0.848 bits per heavy atom. The number of hydrogen-bond donors (Lipinski definition) is 2. The number of aromatic carboxylic acids is 1. The first-order valence-corrected chi connectivity index (χ1v) is 10.6. The number of imide groups is 1. The van der Waals surface area contributed by atoms with Crippen molar-refractivity contribution >= 4 is 35.1 Å². The van der Waals surface area contributed by atoms with Crippen LogP contribution < -0.4 is 10.2 Å². The Hall–Kier alpha value is -4.26. The summed E-state index contributed by atoms with van der Waals surface area (Å²) in [6.07, 6.45) is 1.46. The van der Waals surface area contributed by atoms with E-state index in [0.717, 1.165) is 34.6 Å². The van der Waals surface area contributed by atoms with Gasteiger partial charge in [-0.15, -0.1) is 0 Å². The van der Waals surface area contributed by atoms with Crippen LogP contribution in [-0.2, 0) is 12.8 Å². The highest BCUT2D eigenvalue weighted by Gasteiger charge is 2.38. The number of hydrogen-bond acceptors (Lipinski definition) is 4. The van der Waals surface area contributed by atoms with E-state index in [9.17, 15) is 24.3 Å². The van der Waals surface area contributed by atoms with Gasteiger partial charge in [-0.1, -0.05) is 44.2 Å². The second kappa shape index (κ2) is 8.70. The van der Waals surface area contributed by atoms with Gasteiger partial charge in [-0.05, 0) is 54.3 Å². The minimum atomic E-state index is -1.20. The van der Waals surface area contributed by atoms with Crippen LogP contribution in [0.1, 0.15) is 66.4 Å². The average Bonchev–Trinajstić information content (AvgIpc) is 3.08. The maximum atomic E-state index is 13.3. The van der Waals surface area contributed by atoms with Crippen molar-refractivity contribution in [2.24, 2.45) is 0 Å². The molecule has 2 N–H and O–H groups in total. The van der Waals surface area contributed by atoms with Crippen molar-refractivity contribution in [3.63, 3.8) is 0 Å². The molecule has 0 saturated heterocycles. The van der Waals surface area contributed by atoms with Gasteiger partial charge in [-0.25, -0.2) is 9.69 Å². The monoisotopic (exact) mass is 442 g/mol. The van der Waals surface area contributed by atoms with E-state index in [1.165, 1.54) is 24.3 Å². The average molecular weight is 442 g/mol. The molecule has 0 atom stereocenters. The summed E-state index contributed by atoms with van der Waals surface area (Å²) in [7, 11) is 0. The maximum Gasteiger partial charge on any atom is 0.335 e. The van der Waals surface area contributed by atoms with Gasteiger partial charge in [0.1, 0.15) is 0 Å². The highest BCUT2D eigenvalue weighted by atomic mass is 16.4. The first-order valence-electron chi connectivity index (χ1n) is 10.6.